The molecular formula is C18H28Cl2NO2+. The van der Waals surface area contributed by atoms with Gasteiger partial charge in [-0.25, -0.2) is 0 Å². The van der Waals surface area contributed by atoms with Gasteiger partial charge in [-0.05, 0) is 32.0 Å². The van der Waals surface area contributed by atoms with E-state index in [1.807, 2.05) is 20.8 Å². The first-order valence-corrected chi connectivity index (χ1v) is 8.77. The Morgan fingerprint density at radius 3 is 2.22 bits per heavy atom. The van der Waals surface area contributed by atoms with Crippen LogP contribution in [0.15, 0.2) is 18.2 Å². The average molecular weight is 361 g/mol. The predicted molar refractivity (Wildman–Crippen MR) is 97.5 cm³/mol. The van der Waals surface area contributed by atoms with Gasteiger partial charge >= 0.3 is 0 Å². The first-order chi connectivity index (χ1) is 10.5. The highest BCUT2D eigenvalue weighted by atomic mass is 35.5. The molecule has 0 fully saturated rings. The van der Waals surface area contributed by atoms with Crippen molar-refractivity contribution in [1.29, 1.82) is 0 Å². The van der Waals surface area contributed by atoms with E-state index in [2.05, 4.69) is 20.9 Å². The molecule has 0 aliphatic heterocycles. The Labute approximate surface area is 150 Å². The fourth-order valence-electron chi connectivity index (χ4n) is 2.26. The van der Waals surface area contributed by atoms with Gasteiger partial charge in [0.25, 0.3) is 0 Å². The van der Waals surface area contributed by atoms with Crippen LogP contribution in [0.2, 0.25) is 10.0 Å². The number of benzene rings is 1. The van der Waals surface area contributed by atoms with E-state index in [4.69, 9.17) is 27.9 Å². The van der Waals surface area contributed by atoms with E-state index < -0.39 is 11.5 Å². The Hall–Kier alpha value is -0.770. The predicted octanol–water partition coefficient (Wildman–Crippen LogP) is 4.84. The second-order valence-electron chi connectivity index (χ2n) is 7.23. The van der Waals surface area contributed by atoms with Crippen molar-refractivity contribution < 1.29 is 14.0 Å². The molecule has 3 nitrogen and oxygen atoms in total. The first kappa shape index (κ1) is 20.3. The molecule has 130 valence electrons. The lowest BCUT2D eigenvalue weighted by molar-refractivity contribution is -0.907. The van der Waals surface area contributed by atoms with Crippen LogP contribution in [0, 0.1) is 5.41 Å². The van der Waals surface area contributed by atoms with Crippen LogP contribution in [0.5, 0.6) is 5.75 Å². The van der Waals surface area contributed by atoms with Crippen LogP contribution >= 0.6 is 23.2 Å². The summed E-state index contributed by atoms with van der Waals surface area (Å²) in [7, 11) is 2.13. The minimum absolute atomic E-state index is 0.0785. The largest absolute Gasteiger partial charge is 0.475 e. The number of ketones is 1. The summed E-state index contributed by atoms with van der Waals surface area (Å²) < 4.78 is 6.79. The summed E-state index contributed by atoms with van der Waals surface area (Å²) in [5, 5.41) is 0.968. The molecule has 0 aliphatic carbocycles. The number of carbonyl (C=O) groups excluding carboxylic acids is 1. The zero-order chi connectivity index (χ0) is 17.8. The van der Waals surface area contributed by atoms with Gasteiger partial charge < -0.3 is 9.22 Å². The number of hydrogen-bond acceptors (Lipinski definition) is 2. The number of hydrogen-bond donors (Lipinski definition) is 0. The lowest BCUT2D eigenvalue weighted by atomic mass is 9.87. The van der Waals surface area contributed by atoms with Crippen LogP contribution in [0.3, 0.4) is 0 Å². The zero-order valence-electron chi connectivity index (χ0n) is 15.0. The van der Waals surface area contributed by atoms with Gasteiger partial charge in [0, 0.05) is 10.4 Å². The topological polar surface area (TPSA) is 26.3 Å². The summed E-state index contributed by atoms with van der Waals surface area (Å²) >= 11 is 12.1. The molecule has 0 spiro atoms. The standard InChI is InChI=1S/C18H28Cl2NO2/c1-7-21(6,8-2)12-16(17(22)18(3,4)5)23-15-10-9-13(19)11-14(15)20/h9-11,16H,7-8,12H2,1-6H3/q+1. The molecule has 0 saturated carbocycles. The molecule has 0 radical (unpaired) electrons. The lowest BCUT2D eigenvalue weighted by Gasteiger charge is -2.36. The van der Waals surface area contributed by atoms with E-state index in [1.165, 1.54) is 0 Å². The molecule has 0 saturated heterocycles. The van der Waals surface area contributed by atoms with Crippen LogP contribution in [0.25, 0.3) is 0 Å². The summed E-state index contributed by atoms with van der Waals surface area (Å²) in [6.45, 7) is 12.5. The molecule has 1 atom stereocenters. The van der Waals surface area contributed by atoms with Gasteiger partial charge in [0.15, 0.2) is 5.78 Å². The third kappa shape index (κ3) is 5.66. The van der Waals surface area contributed by atoms with Gasteiger partial charge in [-0.15, -0.1) is 0 Å². The highest BCUT2D eigenvalue weighted by molar-refractivity contribution is 6.35. The number of Topliss-reactive ketones (excluding diaryl/α,β-unsaturated/α-hetero) is 1. The number of rotatable bonds is 7. The first-order valence-electron chi connectivity index (χ1n) is 8.02. The summed E-state index contributed by atoms with van der Waals surface area (Å²) in [6.07, 6.45) is -0.543. The summed E-state index contributed by atoms with van der Waals surface area (Å²) in [4.78, 5) is 12.9. The van der Waals surface area contributed by atoms with Crippen LogP contribution in [-0.4, -0.2) is 43.1 Å². The molecule has 0 aromatic heterocycles. The zero-order valence-corrected chi connectivity index (χ0v) is 16.5. The Morgan fingerprint density at radius 1 is 1.22 bits per heavy atom. The number of quaternary nitrogens is 1. The van der Waals surface area contributed by atoms with E-state index in [0.29, 0.717) is 22.3 Å². The molecular weight excluding hydrogens is 333 g/mol. The Balaban J connectivity index is 3.11. The molecule has 23 heavy (non-hydrogen) atoms. The van der Waals surface area contributed by atoms with Crippen LogP contribution in [-0.2, 0) is 4.79 Å². The molecule has 0 bridgehead atoms. The van der Waals surface area contributed by atoms with Gasteiger partial charge in [-0.2, -0.15) is 0 Å². The number of carbonyl (C=O) groups is 1. The highest BCUT2D eigenvalue weighted by Gasteiger charge is 2.36. The van der Waals surface area contributed by atoms with Crippen molar-refractivity contribution in [2.45, 2.75) is 40.7 Å². The smallest absolute Gasteiger partial charge is 0.205 e. The summed E-state index contributed by atoms with van der Waals surface area (Å²) in [5.41, 5.74) is -0.476. The van der Waals surface area contributed by atoms with E-state index in [0.717, 1.165) is 17.6 Å². The molecule has 5 heteroatoms. The van der Waals surface area contributed by atoms with Crippen molar-refractivity contribution in [2.24, 2.45) is 5.41 Å². The van der Waals surface area contributed by atoms with E-state index >= 15 is 0 Å². The minimum Gasteiger partial charge on any atom is -0.475 e. The molecule has 0 heterocycles. The second-order valence-corrected chi connectivity index (χ2v) is 8.07. The van der Waals surface area contributed by atoms with E-state index in [9.17, 15) is 4.79 Å². The third-order valence-electron chi connectivity index (χ3n) is 4.33. The number of halogens is 2. The molecule has 1 aromatic carbocycles. The van der Waals surface area contributed by atoms with Crippen LogP contribution in [0.4, 0.5) is 0 Å². The molecule has 1 rings (SSSR count). The Morgan fingerprint density at radius 2 is 1.78 bits per heavy atom. The Bertz CT molecular complexity index is 548. The number of nitrogens with zero attached hydrogens (tertiary/aromatic N) is 1. The number of likely N-dealkylation sites (N-methyl/N-ethyl adjacent to an activating group) is 1. The molecule has 1 unspecified atom stereocenters. The second kappa shape index (κ2) is 7.87. The maximum Gasteiger partial charge on any atom is 0.205 e. The van der Waals surface area contributed by atoms with Gasteiger partial charge in [0.2, 0.25) is 6.10 Å². The third-order valence-corrected chi connectivity index (χ3v) is 4.86. The van der Waals surface area contributed by atoms with Crippen molar-refractivity contribution in [3.05, 3.63) is 28.2 Å². The van der Waals surface area contributed by atoms with Crippen molar-refractivity contribution in [2.75, 3.05) is 26.7 Å². The van der Waals surface area contributed by atoms with Crippen LogP contribution in [0.1, 0.15) is 34.6 Å². The maximum absolute atomic E-state index is 12.9. The van der Waals surface area contributed by atoms with Gasteiger partial charge in [-0.1, -0.05) is 44.0 Å². The maximum atomic E-state index is 12.9. The van der Waals surface area contributed by atoms with Gasteiger partial charge in [-0.3, -0.25) is 4.79 Å². The molecule has 0 aliphatic rings. The van der Waals surface area contributed by atoms with E-state index in [1.54, 1.807) is 18.2 Å². The molecule has 1 aromatic rings. The molecule has 0 amide bonds. The van der Waals surface area contributed by atoms with Crippen molar-refractivity contribution in [3.63, 3.8) is 0 Å². The minimum atomic E-state index is -0.543. The van der Waals surface area contributed by atoms with Crippen molar-refractivity contribution >= 4 is 29.0 Å². The lowest BCUT2D eigenvalue weighted by Crippen LogP contribution is -2.54. The fraction of sp³-hybridized carbons (Fsp3) is 0.611. The van der Waals surface area contributed by atoms with Gasteiger partial charge in [0.1, 0.15) is 12.3 Å². The van der Waals surface area contributed by atoms with Crippen LogP contribution < -0.4 is 4.74 Å². The monoisotopic (exact) mass is 360 g/mol. The van der Waals surface area contributed by atoms with Crippen molar-refractivity contribution in [3.8, 4) is 5.75 Å². The number of ether oxygens (including phenoxy) is 1. The average Bonchev–Trinajstić information content (AvgIpc) is 2.47. The summed E-state index contributed by atoms with van der Waals surface area (Å²) in [5.74, 6) is 0.576. The van der Waals surface area contributed by atoms with E-state index in [-0.39, 0.29) is 5.78 Å². The SMILES string of the molecule is CC[N+](C)(CC)CC(Oc1ccc(Cl)cc1Cl)C(=O)C(C)(C)C. The summed E-state index contributed by atoms with van der Waals surface area (Å²) in [6, 6.07) is 5.07. The quantitative estimate of drug-likeness (QED) is 0.650. The Kier molecular flexibility index (Phi) is 6.94. The highest BCUT2D eigenvalue weighted by Crippen LogP contribution is 2.30. The van der Waals surface area contributed by atoms with Gasteiger partial charge in [0.05, 0.1) is 25.2 Å². The fourth-order valence-corrected chi connectivity index (χ4v) is 2.72. The molecule has 0 N–H and O–H groups in total. The normalized spacial score (nSPS) is 13.7. The van der Waals surface area contributed by atoms with Crippen molar-refractivity contribution in [1.82, 2.24) is 0 Å².